The number of carbonyl (C=O) groups is 2. The van der Waals surface area contributed by atoms with Gasteiger partial charge >= 0.3 is 0 Å². The molecule has 2 heterocycles. The first kappa shape index (κ1) is 32.7. The van der Waals surface area contributed by atoms with Gasteiger partial charge in [0.25, 0.3) is 0 Å². The van der Waals surface area contributed by atoms with Gasteiger partial charge in [-0.3, -0.25) is 15.0 Å². The molecule has 0 spiro atoms. The predicted octanol–water partition coefficient (Wildman–Crippen LogP) is 3.87. The Morgan fingerprint density at radius 1 is 1.05 bits per heavy atom. The number of amides is 1. The Morgan fingerprint density at radius 2 is 1.69 bits per heavy atom. The summed E-state index contributed by atoms with van der Waals surface area (Å²) in [6.45, 7) is 7.53. The fraction of sp³-hybridized carbons (Fsp3) is 0.828. The van der Waals surface area contributed by atoms with Gasteiger partial charge in [-0.15, -0.1) is 5.10 Å². The van der Waals surface area contributed by atoms with Crippen LogP contribution in [0.5, 0.6) is 0 Å². The Balaban J connectivity index is 1.59. The molecule has 0 saturated carbocycles. The molecule has 1 aliphatic rings. The Kier molecular flexibility index (Phi) is 16.4. The van der Waals surface area contributed by atoms with Crippen LogP contribution < -0.4 is 21.7 Å². The van der Waals surface area contributed by atoms with Crippen LogP contribution in [0.15, 0.2) is 6.20 Å². The van der Waals surface area contributed by atoms with E-state index in [1.807, 2.05) is 6.20 Å². The van der Waals surface area contributed by atoms with Crippen molar-refractivity contribution in [1.29, 1.82) is 5.41 Å². The first-order valence-electron chi connectivity index (χ1n) is 15.4. The summed E-state index contributed by atoms with van der Waals surface area (Å²) in [6.07, 6.45) is 17.0. The minimum Gasteiger partial charge on any atom is -0.370 e. The highest BCUT2D eigenvalue weighted by Gasteiger charge is 2.22. The lowest BCUT2D eigenvalue weighted by atomic mass is 9.90. The van der Waals surface area contributed by atoms with E-state index in [-0.39, 0.29) is 11.9 Å². The SMILES string of the molecule is CC[C@H](C)Cc1cn([C@@H](CCCNC(=N)N)C(=O)NCCCCCCCCCCC(=O)C2CCNCC2)nn1. The number of piperidine rings is 1. The van der Waals surface area contributed by atoms with Crippen LogP contribution in [-0.2, 0) is 16.0 Å². The van der Waals surface area contributed by atoms with Crippen molar-refractivity contribution in [3.05, 3.63) is 11.9 Å². The molecule has 1 saturated heterocycles. The number of ketones is 1. The summed E-state index contributed by atoms with van der Waals surface area (Å²) >= 11 is 0. The van der Waals surface area contributed by atoms with Gasteiger partial charge < -0.3 is 21.7 Å². The Labute approximate surface area is 235 Å². The van der Waals surface area contributed by atoms with E-state index >= 15 is 0 Å². The molecule has 10 heteroatoms. The summed E-state index contributed by atoms with van der Waals surface area (Å²) in [4.78, 5) is 25.3. The van der Waals surface area contributed by atoms with Crippen molar-refractivity contribution in [2.75, 3.05) is 26.2 Å². The van der Waals surface area contributed by atoms with Crippen molar-refractivity contribution < 1.29 is 9.59 Å². The van der Waals surface area contributed by atoms with Gasteiger partial charge in [0.15, 0.2) is 5.96 Å². The van der Waals surface area contributed by atoms with E-state index in [0.717, 1.165) is 76.6 Å². The van der Waals surface area contributed by atoms with E-state index in [0.29, 0.717) is 43.6 Å². The summed E-state index contributed by atoms with van der Waals surface area (Å²) in [5, 5.41) is 25.1. The van der Waals surface area contributed by atoms with Crippen LogP contribution in [0.4, 0.5) is 0 Å². The lowest BCUT2D eigenvalue weighted by molar-refractivity contribution is -0.125. The molecular formula is C29H54N8O2. The molecule has 1 aliphatic heterocycles. The average molecular weight is 547 g/mol. The zero-order valence-corrected chi connectivity index (χ0v) is 24.5. The molecule has 2 rings (SSSR count). The van der Waals surface area contributed by atoms with Crippen LogP contribution in [0.2, 0.25) is 0 Å². The normalized spacial score (nSPS) is 15.5. The minimum absolute atomic E-state index is 0.0307. The smallest absolute Gasteiger partial charge is 0.244 e. The van der Waals surface area contributed by atoms with Crippen molar-refractivity contribution >= 4 is 17.6 Å². The fourth-order valence-electron chi connectivity index (χ4n) is 5.12. The van der Waals surface area contributed by atoms with Crippen LogP contribution in [-0.4, -0.2) is 58.8 Å². The number of nitrogens with one attached hydrogen (secondary N) is 4. The van der Waals surface area contributed by atoms with E-state index in [2.05, 4.69) is 40.1 Å². The molecule has 222 valence electrons. The van der Waals surface area contributed by atoms with Crippen LogP contribution in [0.1, 0.15) is 115 Å². The van der Waals surface area contributed by atoms with E-state index in [1.54, 1.807) is 4.68 Å². The van der Waals surface area contributed by atoms with E-state index in [9.17, 15) is 9.59 Å². The maximum absolute atomic E-state index is 13.0. The molecule has 0 aromatic carbocycles. The number of nitrogens with two attached hydrogens (primary N) is 1. The Morgan fingerprint density at radius 3 is 2.36 bits per heavy atom. The second kappa shape index (κ2) is 19.6. The molecule has 1 amide bonds. The number of unbranched alkanes of at least 4 members (excludes halogenated alkanes) is 7. The van der Waals surface area contributed by atoms with E-state index in [1.165, 1.54) is 25.7 Å². The molecule has 10 nitrogen and oxygen atoms in total. The summed E-state index contributed by atoms with van der Waals surface area (Å²) in [5.41, 5.74) is 6.29. The average Bonchev–Trinajstić information content (AvgIpc) is 3.39. The van der Waals surface area contributed by atoms with Gasteiger partial charge in [-0.05, 0) is 64.0 Å². The highest BCUT2D eigenvalue weighted by atomic mass is 16.2. The van der Waals surface area contributed by atoms with Crippen LogP contribution in [0.25, 0.3) is 0 Å². The van der Waals surface area contributed by atoms with Gasteiger partial charge in [0, 0.05) is 31.6 Å². The van der Waals surface area contributed by atoms with Crippen LogP contribution in [0.3, 0.4) is 0 Å². The number of hydrogen-bond donors (Lipinski definition) is 5. The van der Waals surface area contributed by atoms with Crippen molar-refractivity contribution in [2.24, 2.45) is 17.6 Å². The van der Waals surface area contributed by atoms with Crippen LogP contribution in [0, 0.1) is 17.2 Å². The van der Waals surface area contributed by atoms with Crippen LogP contribution >= 0.6 is 0 Å². The number of carbonyl (C=O) groups excluding carboxylic acids is 2. The second-order valence-corrected chi connectivity index (χ2v) is 11.3. The number of Topliss-reactive ketones (excluding diaryl/α,β-unsaturated/α-hetero) is 1. The number of aromatic nitrogens is 3. The van der Waals surface area contributed by atoms with Gasteiger partial charge in [0.05, 0.1) is 5.69 Å². The Hall–Kier alpha value is -2.49. The molecule has 6 N–H and O–H groups in total. The first-order chi connectivity index (χ1) is 18.9. The number of rotatable bonds is 21. The largest absolute Gasteiger partial charge is 0.370 e. The van der Waals surface area contributed by atoms with Crippen molar-refractivity contribution in [1.82, 2.24) is 30.9 Å². The third kappa shape index (κ3) is 13.9. The topological polar surface area (TPSA) is 151 Å². The number of nitrogens with zero attached hydrogens (tertiary/aromatic N) is 3. The zero-order chi connectivity index (χ0) is 28.3. The number of hydrogen-bond acceptors (Lipinski definition) is 6. The summed E-state index contributed by atoms with van der Waals surface area (Å²) in [7, 11) is 0. The molecule has 1 fully saturated rings. The Bertz CT molecular complexity index is 837. The second-order valence-electron chi connectivity index (χ2n) is 11.3. The van der Waals surface area contributed by atoms with Gasteiger partial charge in [0.2, 0.25) is 5.91 Å². The molecule has 0 aliphatic carbocycles. The summed E-state index contributed by atoms with van der Waals surface area (Å²) in [6, 6.07) is -0.418. The highest BCUT2D eigenvalue weighted by molar-refractivity contribution is 5.81. The van der Waals surface area contributed by atoms with Gasteiger partial charge in [-0.2, -0.15) is 0 Å². The van der Waals surface area contributed by atoms with Crippen molar-refractivity contribution in [3.63, 3.8) is 0 Å². The van der Waals surface area contributed by atoms with E-state index in [4.69, 9.17) is 11.1 Å². The zero-order valence-electron chi connectivity index (χ0n) is 24.5. The molecule has 0 unspecified atom stereocenters. The van der Waals surface area contributed by atoms with Gasteiger partial charge in [0.1, 0.15) is 11.8 Å². The summed E-state index contributed by atoms with van der Waals surface area (Å²) in [5.74, 6) is 1.21. The van der Waals surface area contributed by atoms with E-state index < -0.39 is 6.04 Å². The lowest BCUT2D eigenvalue weighted by Crippen LogP contribution is -2.35. The molecule has 2 atom stereocenters. The maximum atomic E-state index is 13.0. The van der Waals surface area contributed by atoms with Gasteiger partial charge in [-0.1, -0.05) is 64.0 Å². The molecular weight excluding hydrogens is 492 g/mol. The van der Waals surface area contributed by atoms with Crippen molar-refractivity contribution in [2.45, 2.75) is 116 Å². The molecule has 39 heavy (non-hydrogen) atoms. The summed E-state index contributed by atoms with van der Waals surface area (Å²) < 4.78 is 1.70. The molecule has 1 aromatic heterocycles. The standard InChI is InChI=1S/C29H54N8O2/c1-3-23(2)21-25-22-37(36-35-25)26(13-12-18-34-29(30)31)28(39)33-17-11-9-7-5-4-6-8-10-14-27(38)24-15-19-32-20-16-24/h22-24,26,32H,3-21H2,1-2H3,(H,33,39)(H4,30,31,34)/t23-,26-/m0/s1. The predicted molar refractivity (Wildman–Crippen MR) is 157 cm³/mol. The molecule has 0 radical (unpaired) electrons. The monoisotopic (exact) mass is 546 g/mol. The lowest BCUT2D eigenvalue weighted by Gasteiger charge is -2.21. The third-order valence-electron chi connectivity index (χ3n) is 7.85. The molecule has 0 bridgehead atoms. The maximum Gasteiger partial charge on any atom is 0.244 e. The first-order valence-corrected chi connectivity index (χ1v) is 15.4. The third-order valence-corrected chi connectivity index (χ3v) is 7.85. The quantitative estimate of drug-likeness (QED) is 0.0892. The van der Waals surface area contributed by atoms with Gasteiger partial charge in [-0.25, -0.2) is 4.68 Å². The fourth-order valence-corrected chi connectivity index (χ4v) is 5.12. The van der Waals surface area contributed by atoms with Crippen molar-refractivity contribution in [3.8, 4) is 0 Å². The number of guanidine groups is 1. The molecule has 1 aromatic rings. The minimum atomic E-state index is -0.418. The highest BCUT2D eigenvalue weighted by Crippen LogP contribution is 2.18.